The Hall–Kier alpha value is -2.60. The number of benzene rings is 2. The Balaban J connectivity index is 1.79. The Morgan fingerprint density at radius 1 is 1.04 bits per heavy atom. The number of carbonyl (C=O) groups is 2. The molecule has 3 rings (SSSR count). The van der Waals surface area contributed by atoms with E-state index in [0.29, 0.717) is 0 Å². The molecule has 1 aliphatic heterocycles. The third kappa shape index (κ3) is 3.43. The maximum absolute atomic E-state index is 12.4. The molecule has 0 saturated carbocycles. The minimum atomic E-state index is -0.442. The highest BCUT2D eigenvalue weighted by atomic mass is 79.9. The third-order valence-electron chi connectivity index (χ3n) is 3.42. The van der Waals surface area contributed by atoms with Crippen molar-refractivity contribution in [2.75, 3.05) is 0 Å². The number of phenols is 1. The molecule has 3 amide bonds. The first kappa shape index (κ1) is 15.3. The van der Waals surface area contributed by atoms with Crippen molar-refractivity contribution in [1.82, 2.24) is 10.2 Å². The summed E-state index contributed by atoms with van der Waals surface area (Å²) in [6, 6.07) is 13.4. The number of imide groups is 1. The second-order valence-corrected chi connectivity index (χ2v) is 6.01. The standard InChI is InChI=1S/C17H13BrN2O3/c18-13-5-1-12(2-6-13)10-20-16(22)15(19-17(20)23)9-11-3-7-14(21)8-4-11/h1-9,21H,10H2,(H,19,23)/b15-9+. The van der Waals surface area contributed by atoms with Crippen LogP contribution in [0.4, 0.5) is 4.79 Å². The molecular formula is C17H13BrN2O3. The van der Waals surface area contributed by atoms with Gasteiger partial charge in [0.25, 0.3) is 5.91 Å². The Bertz CT molecular complexity index is 782. The van der Waals surface area contributed by atoms with Gasteiger partial charge in [-0.15, -0.1) is 0 Å². The summed E-state index contributed by atoms with van der Waals surface area (Å²) in [5.74, 6) is -0.225. The van der Waals surface area contributed by atoms with Crippen LogP contribution in [0.5, 0.6) is 5.75 Å². The van der Waals surface area contributed by atoms with E-state index in [-0.39, 0.29) is 23.9 Å². The number of amides is 3. The van der Waals surface area contributed by atoms with E-state index in [4.69, 9.17) is 0 Å². The van der Waals surface area contributed by atoms with E-state index in [1.165, 1.54) is 12.1 Å². The zero-order chi connectivity index (χ0) is 16.4. The van der Waals surface area contributed by atoms with Crippen LogP contribution in [0.3, 0.4) is 0 Å². The van der Waals surface area contributed by atoms with Crippen molar-refractivity contribution in [2.24, 2.45) is 0 Å². The number of nitrogens with zero attached hydrogens (tertiary/aromatic N) is 1. The molecule has 0 unspecified atom stereocenters. The molecule has 0 spiro atoms. The fourth-order valence-corrected chi connectivity index (χ4v) is 2.49. The van der Waals surface area contributed by atoms with Gasteiger partial charge in [0.2, 0.25) is 0 Å². The fraction of sp³-hybridized carbons (Fsp3) is 0.0588. The van der Waals surface area contributed by atoms with Crippen LogP contribution < -0.4 is 5.32 Å². The van der Waals surface area contributed by atoms with Gasteiger partial charge in [-0.25, -0.2) is 4.79 Å². The molecule has 0 atom stereocenters. The summed E-state index contributed by atoms with van der Waals surface area (Å²) < 4.78 is 0.936. The normalized spacial score (nSPS) is 16.0. The van der Waals surface area contributed by atoms with Crippen LogP contribution in [0.25, 0.3) is 6.08 Å². The van der Waals surface area contributed by atoms with E-state index in [2.05, 4.69) is 21.2 Å². The van der Waals surface area contributed by atoms with Crippen LogP contribution in [0.15, 0.2) is 58.7 Å². The van der Waals surface area contributed by atoms with E-state index in [9.17, 15) is 14.7 Å². The van der Waals surface area contributed by atoms with Gasteiger partial charge in [0.15, 0.2) is 0 Å². The Morgan fingerprint density at radius 3 is 2.35 bits per heavy atom. The van der Waals surface area contributed by atoms with Gasteiger partial charge in [0, 0.05) is 4.47 Å². The molecule has 0 aliphatic carbocycles. The monoisotopic (exact) mass is 372 g/mol. The number of phenolic OH excluding ortho intramolecular Hbond substituents is 1. The first-order valence-corrected chi connectivity index (χ1v) is 7.70. The van der Waals surface area contributed by atoms with Gasteiger partial charge in [0.05, 0.1) is 6.54 Å². The van der Waals surface area contributed by atoms with Crippen LogP contribution in [-0.2, 0) is 11.3 Å². The highest BCUT2D eigenvalue weighted by molar-refractivity contribution is 9.10. The third-order valence-corrected chi connectivity index (χ3v) is 3.95. The van der Waals surface area contributed by atoms with E-state index < -0.39 is 6.03 Å². The average molecular weight is 373 g/mol. The number of carbonyl (C=O) groups excluding carboxylic acids is 2. The number of aromatic hydroxyl groups is 1. The molecule has 116 valence electrons. The smallest absolute Gasteiger partial charge is 0.329 e. The van der Waals surface area contributed by atoms with E-state index in [0.717, 1.165) is 20.5 Å². The number of urea groups is 1. The molecule has 1 aliphatic rings. The van der Waals surface area contributed by atoms with Gasteiger partial charge >= 0.3 is 6.03 Å². The highest BCUT2D eigenvalue weighted by Gasteiger charge is 2.33. The van der Waals surface area contributed by atoms with Crippen molar-refractivity contribution in [3.05, 3.63) is 69.8 Å². The first-order chi connectivity index (χ1) is 11.0. The molecule has 0 radical (unpaired) electrons. The lowest BCUT2D eigenvalue weighted by Gasteiger charge is -2.11. The molecule has 0 bridgehead atoms. The molecule has 1 saturated heterocycles. The van der Waals surface area contributed by atoms with Gasteiger partial charge in [-0.1, -0.05) is 40.2 Å². The second kappa shape index (κ2) is 6.26. The molecule has 1 fully saturated rings. The number of rotatable bonds is 3. The molecule has 0 aromatic heterocycles. The summed E-state index contributed by atoms with van der Waals surface area (Å²) in [6.45, 7) is 0.213. The lowest BCUT2D eigenvalue weighted by molar-refractivity contribution is -0.123. The van der Waals surface area contributed by atoms with Gasteiger partial charge < -0.3 is 10.4 Å². The maximum Gasteiger partial charge on any atom is 0.329 e. The molecule has 2 aromatic carbocycles. The SMILES string of the molecule is O=C1N/C(=C/c2ccc(O)cc2)C(=O)N1Cc1ccc(Br)cc1. The highest BCUT2D eigenvalue weighted by Crippen LogP contribution is 2.19. The number of hydrogen-bond donors (Lipinski definition) is 2. The topological polar surface area (TPSA) is 69.6 Å². The van der Waals surface area contributed by atoms with Crippen LogP contribution >= 0.6 is 15.9 Å². The van der Waals surface area contributed by atoms with Gasteiger partial charge in [0.1, 0.15) is 11.4 Å². The zero-order valence-corrected chi connectivity index (χ0v) is 13.6. The minimum absolute atomic E-state index is 0.144. The molecule has 2 aromatic rings. The Labute approximate surface area is 141 Å². The first-order valence-electron chi connectivity index (χ1n) is 6.91. The quantitative estimate of drug-likeness (QED) is 0.641. The maximum atomic E-state index is 12.4. The van der Waals surface area contributed by atoms with Crippen molar-refractivity contribution in [3.63, 3.8) is 0 Å². The Kier molecular flexibility index (Phi) is 4.16. The predicted molar refractivity (Wildman–Crippen MR) is 89.3 cm³/mol. The number of nitrogens with one attached hydrogen (secondary N) is 1. The summed E-state index contributed by atoms with van der Waals surface area (Å²) in [7, 11) is 0. The molecule has 5 nitrogen and oxygen atoms in total. The number of hydrogen-bond acceptors (Lipinski definition) is 3. The van der Waals surface area contributed by atoms with E-state index in [1.807, 2.05) is 24.3 Å². The zero-order valence-electron chi connectivity index (χ0n) is 12.0. The van der Waals surface area contributed by atoms with Crippen molar-refractivity contribution in [3.8, 4) is 5.75 Å². The summed E-state index contributed by atoms with van der Waals surface area (Å²) in [4.78, 5) is 25.6. The summed E-state index contributed by atoms with van der Waals surface area (Å²) in [5.41, 5.74) is 1.80. The van der Waals surface area contributed by atoms with Gasteiger partial charge in [-0.2, -0.15) is 0 Å². The average Bonchev–Trinajstić information content (AvgIpc) is 2.79. The molecule has 23 heavy (non-hydrogen) atoms. The van der Waals surface area contributed by atoms with Crippen molar-refractivity contribution >= 4 is 33.9 Å². The van der Waals surface area contributed by atoms with Crippen LogP contribution in [-0.4, -0.2) is 21.9 Å². The lowest BCUT2D eigenvalue weighted by atomic mass is 10.2. The van der Waals surface area contributed by atoms with E-state index in [1.54, 1.807) is 18.2 Å². The summed E-state index contributed by atoms with van der Waals surface area (Å²) in [5, 5.41) is 11.8. The van der Waals surface area contributed by atoms with Crippen LogP contribution in [0.2, 0.25) is 0 Å². The molecule has 6 heteroatoms. The van der Waals surface area contributed by atoms with Crippen LogP contribution in [0.1, 0.15) is 11.1 Å². The minimum Gasteiger partial charge on any atom is -0.508 e. The fourth-order valence-electron chi connectivity index (χ4n) is 2.22. The molecule has 2 N–H and O–H groups in total. The van der Waals surface area contributed by atoms with Gasteiger partial charge in [-0.3, -0.25) is 9.69 Å². The largest absolute Gasteiger partial charge is 0.508 e. The summed E-state index contributed by atoms with van der Waals surface area (Å²) in [6.07, 6.45) is 1.58. The molecular weight excluding hydrogens is 360 g/mol. The van der Waals surface area contributed by atoms with Crippen molar-refractivity contribution < 1.29 is 14.7 Å². The van der Waals surface area contributed by atoms with Crippen LogP contribution in [0, 0.1) is 0 Å². The predicted octanol–water partition coefficient (Wildman–Crippen LogP) is 3.25. The molecule has 1 heterocycles. The number of halogens is 1. The van der Waals surface area contributed by atoms with Gasteiger partial charge in [-0.05, 0) is 41.5 Å². The lowest BCUT2D eigenvalue weighted by Crippen LogP contribution is -2.30. The summed E-state index contributed by atoms with van der Waals surface area (Å²) >= 11 is 3.35. The van der Waals surface area contributed by atoms with Crippen molar-refractivity contribution in [1.29, 1.82) is 0 Å². The Morgan fingerprint density at radius 2 is 1.70 bits per heavy atom. The second-order valence-electron chi connectivity index (χ2n) is 5.10. The van der Waals surface area contributed by atoms with Crippen molar-refractivity contribution in [2.45, 2.75) is 6.54 Å². The van der Waals surface area contributed by atoms with E-state index >= 15 is 0 Å².